The third kappa shape index (κ3) is 3.70. The van der Waals surface area contributed by atoms with E-state index in [1.165, 1.54) is 0 Å². The van der Waals surface area contributed by atoms with Crippen LogP contribution in [0.3, 0.4) is 0 Å². The number of hydrogen-bond donors (Lipinski definition) is 3. The van der Waals surface area contributed by atoms with E-state index in [0.29, 0.717) is 5.69 Å². The van der Waals surface area contributed by atoms with Crippen LogP contribution in [-0.2, 0) is 0 Å². The van der Waals surface area contributed by atoms with Gasteiger partial charge in [0.05, 0.1) is 0 Å². The third-order valence-corrected chi connectivity index (χ3v) is 3.84. The molecule has 3 N–H and O–H groups in total. The average Bonchev–Trinajstić information content (AvgIpc) is 3.12. The van der Waals surface area contributed by atoms with Gasteiger partial charge in [0.1, 0.15) is 0 Å². The van der Waals surface area contributed by atoms with E-state index in [9.17, 15) is 4.79 Å². The predicted octanol–water partition coefficient (Wildman–Crippen LogP) is 4.80. The lowest BCUT2D eigenvalue weighted by Crippen LogP contribution is -2.19. The van der Waals surface area contributed by atoms with Gasteiger partial charge >= 0.3 is 6.03 Å². The van der Waals surface area contributed by atoms with E-state index in [2.05, 4.69) is 16.0 Å². The summed E-state index contributed by atoms with van der Waals surface area (Å²) in [7, 11) is 0. The summed E-state index contributed by atoms with van der Waals surface area (Å²) >= 11 is 0. The second-order valence-electron chi connectivity index (χ2n) is 5.72. The fraction of sp³-hybridized carbons (Fsp3) is 0.0500. The maximum atomic E-state index is 12.0. The number of carbonyl (C=O) groups is 1. The molecule has 0 spiro atoms. The number of urea groups is 1. The lowest BCUT2D eigenvalue weighted by molar-refractivity contribution is 0.174. The Morgan fingerprint density at radius 2 is 1.31 bits per heavy atom. The Kier molecular flexibility index (Phi) is 4.30. The molecular weight excluding hydrogens is 330 g/mol. The van der Waals surface area contributed by atoms with Crippen molar-refractivity contribution in [2.75, 3.05) is 22.7 Å². The van der Waals surface area contributed by atoms with Gasteiger partial charge in [-0.25, -0.2) is 4.79 Å². The molecule has 0 fully saturated rings. The van der Waals surface area contributed by atoms with Gasteiger partial charge in [-0.3, -0.25) is 0 Å². The number of benzene rings is 3. The summed E-state index contributed by atoms with van der Waals surface area (Å²) in [4.78, 5) is 12.0. The molecule has 0 aliphatic carbocycles. The topological polar surface area (TPSA) is 71.6 Å². The number of ether oxygens (including phenoxy) is 2. The molecule has 0 unspecified atom stereocenters. The monoisotopic (exact) mass is 347 g/mol. The van der Waals surface area contributed by atoms with Crippen molar-refractivity contribution in [2.24, 2.45) is 0 Å². The first-order chi connectivity index (χ1) is 12.8. The number of rotatable bonds is 4. The van der Waals surface area contributed by atoms with Gasteiger partial charge in [0.25, 0.3) is 0 Å². The average molecular weight is 347 g/mol. The van der Waals surface area contributed by atoms with Crippen LogP contribution in [0.15, 0.2) is 72.8 Å². The van der Waals surface area contributed by atoms with Crippen molar-refractivity contribution in [1.82, 2.24) is 0 Å². The lowest BCUT2D eigenvalue weighted by atomic mass is 10.2. The largest absolute Gasteiger partial charge is 0.454 e. The Morgan fingerprint density at radius 1 is 0.692 bits per heavy atom. The maximum absolute atomic E-state index is 12.0. The van der Waals surface area contributed by atoms with Crippen molar-refractivity contribution >= 4 is 28.8 Å². The Labute approximate surface area is 150 Å². The van der Waals surface area contributed by atoms with Gasteiger partial charge in [0.2, 0.25) is 6.79 Å². The van der Waals surface area contributed by atoms with Crippen LogP contribution in [0.4, 0.5) is 27.5 Å². The number of fused-ring (bicyclic) bond motifs is 1. The number of nitrogens with one attached hydrogen (secondary N) is 3. The molecule has 2 amide bonds. The van der Waals surface area contributed by atoms with Crippen LogP contribution in [0.25, 0.3) is 0 Å². The minimum absolute atomic E-state index is 0.254. The van der Waals surface area contributed by atoms with Gasteiger partial charge in [-0.05, 0) is 48.5 Å². The molecule has 0 saturated heterocycles. The summed E-state index contributed by atoms with van der Waals surface area (Å²) in [5.41, 5.74) is 3.25. The number of carbonyl (C=O) groups excluding carboxylic acids is 1. The van der Waals surface area contributed by atoms with Crippen molar-refractivity contribution in [3.63, 3.8) is 0 Å². The van der Waals surface area contributed by atoms with E-state index >= 15 is 0 Å². The number of amides is 2. The first-order valence-electron chi connectivity index (χ1n) is 8.16. The molecule has 0 aromatic heterocycles. The van der Waals surface area contributed by atoms with Gasteiger partial charge in [-0.1, -0.05) is 18.2 Å². The standard InChI is InChI=1S/C20H17N3O3/c24-20(22-14-4-2-1-3-5-14)23-16-8-6-15(7-9-16)21-17-10-11-18-19(12-17)26-13-25-18/h1-12,21H,13H2,(H2,22,23,24). The molecule has 6 heteroatoms. The molecule has 1 heterocycles. The van der Waals surface area contributed by atoms with Gasteiger partial charge in [0.15, 0.2) is 11.5 Å². The first-order valence-corrected chi connectivity index (χ1v) is 8.16. The van der Waals surface area contributed by atoms with E-state index in [0.717, 1.165) is 28.6 Å². The molecule has 0 atom stereocenters. The number of anilines is 4. The Hall–Kier alpha value is -3.67. The van der Waals surface area contributed by atoms with Crippen LogP contribution in [0.1, 0.15) is 0 Å². The van der Waals surface area contributed by atoms with Crippen LogP contribution in [0.5, 0.6) is 11.5 Å². The highest BCUT2D eigenvalue weighted by Crippen LogP contribution is 2.35. The first kappa shape index (κ1) is 15.8. The predicted molar refractivity (Wildman–Crippen MR) is 101 cm³/mol. The van der Waals surface area contributed by atoms with Crippen molar-refractivity contribution in [2.45, 2.75) is 0 Å². The van der Waals surface area contributed by atoms with Gasteiger partial charge in [-0.15, -0.1) is 0 Å². The summed E-state index contributed by atoms with van der Waals surface area (Å²) in [5.74, 6) is 1.48. The molecule has 0 radical (unpaired) electrons. The van der Waals surface area contributed by atoms with E-state index in [4.69, 9.17) is 9.47 Å². The van der Waals surface area contributed by atoms with Gasteiger partial charge in [-0.2, -0.15) is 0 Å². The highest BCUT2D eigenvalue weighted by Gasteiger charge is 2.13. The van der Waals surface area contributed by atoms with Gasteiger partial charge in [0, 0.05) is 28.8 Å². The number of para-hydroxylation sites is 1. The summed E-state index contributed by atoms with van der Waals surface area (Å²) in [6, 6.07) is 22.1. The van der Waals surface area contributed by atoms with Crippen LogP contribution >= 0.6 is 0 Å². The quantitative estimate of drug-likeness (QED) is 0.634. The van der Waals surface area contributed by atoms with Crippen LogP contribution < -0.4 is 25.4 Å². The molecule has 3 aromatic rings. The smallest absolute Gasteiger partial charge is 0.323 e. The fourth-order valence-electron chi connectivity index (χ4n) is 2.59. The molecule has 3 aromatic carbocycles. The van der Waals surface area contributed by atoms with Crippen molar-refractivity contribution in [1.29, 1.82) is 0 Å². The minimum Gasteiger partial charge on any atom is -0.454 e. The van der Waals surface area contributed by atoms with E-state index in [-0.39, 0.29) is 12.8 Å². The van der Waals surface area contributed by atoms with E-state index < -0.39 is 0 Å². The Bertz CT molecular complexity index is 911. The fourth-order valence-corrected chi connectivity index (χ4v) is 2.59. The molecule has 0 saturated carbocycles. The van der Waals surface area contributed by atoms with Gasteiger partial charge < -0.3 is 25.4 Å². The zero-order chi connectivity index (χ0) is 17.8. The molecular formula is C20H17N3O3. The molecule has 26 heavy (non-hydrogen) atoms. The molecule has 1 aliphatic heterocycles. The Morgan fingerprint density at radius 3 is 2.08 bits per heavy atom. The summed E-state index contributed by atoms with van der Waals surface area (Å²) in [6.07, 6.45) is 0. The zero-order valence-corrected chi connectivity index (χ0v) is 13.9. The normalized spacial score (nSPS) is 11.7. The van der Waals surface area contributed by atoms with E-state index in [1.807, 2.05) is 72.8 Å². The molecule has 1 aliphatic rings. The maximum Gasteiger partial charge on any atom is 0.323 e. The molecule has 130 valence electrons. The SMILES string of the molecule is O=C(Nc1ccccc1)Nc1ccc(Nc2ccc3c(c2)OCO3)cc1. The molecule has 0 bridgehead atoms. The second kappa shape index (κ2) is 7.06. The number of hydrogen-bond acceptors (Lipinski definition) is 4. The van der Waals surface area contributed by atoms with E-state index in [1.54, 1.807) is 0 Å². The Balaban J connectivity index is 1.36. The second-order valence-corrected chi connectivity index (χ2v) is 5.72. The van der Waals surface area contributed by atoms with Crippen molar-refractivity contribution in [3.8, 4) is 11.5 Å². The summed E-state index contributed by atoms with van der Waals surface area (Å²) in [6.45, 7) is 0.254. The molecule has 6 nitrogen and oxygen atoms in total. The third-order valence-electron chi connectivity index (χ3n) is 3.84. The van der Waals surface area contributed by atoms with Crippen LogP contribution in [0.2, 0.25) is 0 Å². The van der Waals surface area contributed by atoms with Crippen LogP contribution in [-0.4, -0.2) is 12.8 Å². The highest BCUT2D eigenvalue weighted by molar-refractivity contribution is 5.99. The lowest BCUT2D eigenvalue weighted by Gasteiger charge is -2.10. The summed E-state index contributed by atoms with van der Waals surface area (Å²) < 4.78 is 10.7. The zero-order valence-electron chi connectivity index (χ0n) is 13.9. The van der Waals surface area contributed by atoms with Crippen molar-refractivity contribution in [3.05, 3.63) is 72.8 Å². The summed E-state index contributed by atoms with van der Waals surface area (Å²) in [5, 5.41) is 8.87. The minimum atomic E-state index is -0.285. The van der Waals surface area contributed by atoms with Crippen molar-refractivity contribution < 1.29 is 14.3 Å². The van der Waals surface area contributed by atoms with Crippen LogP contribution in [0, 0.1) is 0 Å². The molecule has 4 rings (SSSR count). The highest BCUT2D eigenvalue weighted by atomic mass is 16.7.